The molecule has 1 aromatic rings. The molecule has 19 heavy (non-hydrogen) atoms. The summed E-state index contributed by atoms with van der Waals surface area (Å²) >= 11 is 1.58. The molecule has 5 heteroatoms. The monoisotopic (exact) mass is 282 g/mol. The Labute approximate surface area is 121 Å². The summed E-state index contributed by atoms with van der Waals surface area (Å²) in [5.74, 6) is 2.58. The van der Waals surface area contributed by atoms with Crippen LogP contribution in [0.1, 0.15) is 34.1 Å². The molecule has 0 amide bonds. The first-order chi connectivity index (χ1) is 8.97. The molecule has 0 radical (unpaired) electrons. The Morgan fingerprint density at radius 2 is 2.00 bits per heavy atom. The van der Waals surface area contributed by atoms with Crippen LogP contribution < -0.4 is 10.2 Å². The molecule has 4 nitrogen and oxygen atoms in total. The van der Waals surface area contributed by atoms with Crippen LogP contribution in [0.3, 0.4) is 0 Å². The van der Waals surface area contributed by atoms with Crippen LogP contribution in [0.15, 0.2) is 11.2 Å². The van der Waals surface area contributed by atoms with Crippen molar-refractivity contribution in [3.8, 4) is 0 Å². The Bertz CT molecular complexity index is 395. The molecular formula is C14H26N4S. The van der Waals surface area contributed by atoms with Crippen molar-refractivity contribution in [2.45, 2.75) is 45.3 Å². The molecule has 1 unspecified atom stereocenters. The van der Waals surface area contributed by atoms with Gasteiger partial charge in [-0.05, 0) is 32.4 Å². The molecule has 0 spiro atoms. The molecule has 0 aliphatic rings. The maximum Gasteiger partial charge on any atom is 0.191 e. The van der Waals surface area contributed by atoms with E-state index in [1.165, 1.54) is 0 Å². The van der Waals surface area contributed by atoms with Gasteiger partial charge in [0.2, 0.25) is 0 Å². The van der Waals surface area contributed by atoms with Gasteiger partial charge in [-0.1, -0.05) is 25.6 Å². The van der Waals surface area contributed by atoms with Crippen molar-refractivity contribution in [2.75, 3.05) is 30.1 Å². The highest BCUT2D eigenvalue weighted by Gasteiger charge is 2.14. The molecule has 1 rings (SSSR count). The molecule has 0 saturated carbocycles. The summed E-state index contributed by atoms with van der Waals surface area (Å²) in [6.45, 7) is 9.69. The van der Waals surface area contributed by atoms with Crippen LogP contribution in [0.2, 0.25) is 0 Å². The Morgan fingerprint density at radius 3 is 2.53 bits per heavy atom. The second-order valence-corrected chi connectivity index (χ2v) is 5.99. The lowest BCUT2D eigenvalue weighted by Crippen LogP contribution is -2.31. The SMILES string of the molecule is CCNc1cc(N(C)C(C)CC(C)C)nc(SC)n1. The van der Waals surface area contributed by atoms with E-state index in [1.807, 2.05) is 12.3 Å². The number of hydrogen-bond donors (Lipinski definition) is 1. The molecule has 0 bridgehead atoms. The van der Waals surface area contributed by atoms with Gasteiger partial charge in [0.1, 0.15) is 11.6 Å². The quantitative estimate of drug-likeness (QED) is 0.612. The van der Waals surface area contributed by atoms with Crippen molar-refractivity contribution in [2.24, 2.45) is 5.92 Å². The van der Waals surface area contributed by atoms with Crippen molar-refractivity contribution < 1.29 is 0 Å². The summed E-state index contributed by atoms with van der Waals surface area (Å²) in [5.41, 5.74) is 0. The highest BCUT2D eigenvalue weighted by Crippen LogP contribution is 2.22. The number of nitrogens with one attached hydrogen (secondary N) is 1. The highest BCUT2D eigenvalue weighted by atomic mass is 32.2. The van der Waals surface area contributed by atoms with Crippen LogP contribution in [0.5, 0.6) is 0 Å². The second-order valence-electron chi connectivity index (χ2n) is 5.22. The molecular weight excluding hydrogens is 256 g/mol. The lowest BCUT2D eigenvalue weighted by Gasteiger charge is -2.27. The number of anilines is 2. The summed E-state index contributed by atoms with van der Waals surface area (Å²) < 4.78 is 0. The minimum atomic E-state index is 0.471. The van der Waals surface area contributed by atoms with Crippen LogP contribution in [0.4, 0.5) is 11.6 Å². The largest absolute Gasteiger partial charge is 0.370 e. The topological polar surface area (TPSA) is 41.0 Å². The molecule has 1 atom stereocenters. The van der Waals surface area contributed by atoms with Crippen LogP contribution >= 0.6 is 11.8 Å². The van der Waals surface area contributed by atoms with Crippen LogP contribution in [0.25, 0.3) is 0 Å². The smallest absolute Gasteiger partial charge is 0.191 e. The van der Waals surface area contributed by atoms with E-state index in [4.69, 9.17) is 0 Å². The first kappa shape index (κ1) is 16.1. The molecule has 1 aromatic heterocycles. The van der Waals surface area contributed by atoms with Gasteiger partial charge in [-0.3, -0.25) is 0 Å². The van der Waals surface area contributed by atoms with Gasteiger partial charge >= 0.3 is 0 Å². The van der Waals surface area contributed by atoms with E-state index in [2.05, 4.69) is 54.9 Å². The van der Waals surface area contributed by atoms with Gasteiger partial charge in [-0.25, -0.2) is 9.97 Å². The fourth-order valence-corrected chi connectivity index (χ4v) is 2.40. The van der Waals surface area contributed by atoms with Gasteiger partial charge in [-0.2, -0.15) is 0 Å². The maximum absolute atomic E-state index is 4.60. The molecule has 0 fully saturated rings. The van der Waals surface area contributed by atoms with Crippen molar-refractivity contribution in [3.63, 3.8) is 0 Å². The van der Waals surface area contributed by atoms with E-state index in [0.29, 0.717) is 12.0 Å². The number of aromatic nitrogens is 2. The van der Waals surface area contributed by atoms with Gasteiger partial charge < -0.3 is 10.2 Å². The standard InChI is InChI=1S/C14H26N4S/c1-7-15-12-9-13(17-14(16-12)19-6)18(5)11(4)8-10(2)3/h9-11H,7-8H2,1-6H3,(H,15,16,17). The van der Waals surface area contributed by atoms with Crippen molar-refractivity contribution in [3.05, 3.63) is 6.07 Å². The van der Waals surface area contributed by atoms with E-state index in [1.54, 1.807) is 11.8 Å². The second kappa shape index (κ2) is 7.58. The summed E-state index contributed by atoms with van der Waals surface area (Å²) in [5, 5.41) is 4.08. The summed E-state index contributed by atoms with van der Waals surface area (Å²) in [4.78, 5) is 11.3. The minimum absolute atomic E-state index is 0.471. The number of nitrogens with zero attached hydrogens (tertiary/aromatic N) is 3. The van der Waals surface area contributed by atoms with Gasteiger partial charge in [0.25, 0.3) is 0 Å². The van der Waals surface area contributed by atoms with E-state index < -0.39 is 0 Å². The average molecular weight is 282 g/mol. The third-order valence-electron chi connectivity index (χ3n) is 3.07. The molecule has 0 aromatic carbocycles. The molecule has 1 heterocycles. The summed E-state index contributed by atoms with van der Waals surface area (Å²) in [6.07, 6.45) is 3.16. The first-order valence-electron chi connectivity index (χ1n) is 6.87. The lowest BCUT2D eigenvalue weighted by molar-refractivity contribution is 0.501. The fraction of sp³-hybridized carbons (Fsp3) is 0.714. The fourth-order valence-electron chi connectivity index (χ4n) is 2.02. The summed E-state index contributed by atoms with van der Waals surface area (Å²) in [7, 11) is 2.11. The third kappa shape index (κ3) is 4.90. The molecule has 1 N–H and O–H groups in total. The van der Waals surface area contributed by atoms with Crippen LogP contribution in [-0.4, -0.2) is 35.9 Å². The van der Waals surface area contributed by atoms with E-state index in [-0.39, 0.29) is 0 Å². The van der Waals surface area contributed by atoms with Gasteiger partial charge in [0.15, 0.2) is 5.16 Å². The Morgan fingerprint density at radius 1 is 1.32 bits per heavy atom. The highest BCUT2D eigenvalue weighted by molar-refractivity contribution is 7.98. The average Bonchev–Trinajstić information content (AvgIpc) is 2.37. The van der Waals surface area contributed by atoms with E-state index >= 15 is 0 Å². The number of hydrogen-bond acceptors (Lipinski definition) is 5. The Kier molecular flexibility index (Phi) is 6.42. The Hall–Kier alpha value is -0.970. The van der Waals surface area contributed by atoms with E-state index in [9.17, 15) is 0 Å². The molecule has 0 aliphatic heterocycles. The predicted octanol–water partition coefficient (Wildman–Crippen LogP) is 3.50. The van der Waals surface area contributed by atoms with Crippen molar-refractivity contribution in [1.29, 1.82) is 0 Å². The number of thioether (sulfide) groups is 1. The normalized spacial score (nSPS) is 12.6. The lowest BCUT2D eigenvalue weighted by atomic mass is 10.0. The Balaban J connectivity index is 2.94. The number of rotatable bonds is 7. The molecule has 0 aliphatic carbocycles. The third-order valence-corrected chi connectivity index (χ3v) is 3.62. The predicted molar refractivity (Wildman–Crippen MR) is 85.3 cm³/mol. The molecule has 0 saturated heterocycles. The minimum Gasteiger partial charge on any atom is -0.370 e. The van der Waals surface area contributed by atoms with Crippen molar-refractivity contribution in [1.82, 2.24) is 9.97 Å². The zero-order chi connectivity index (χ0) is 14.4. The van der Waals surface area contributed by atoms with Gasteiger partial charge in [-0.15, -0.1) is 0 Å². The zero-order valence-electron chi connectivity index (χ0n) is 12.9. The van der Waals surface area contributed by atoms with Gasteiger partial charge in [0, 0.05) is 25.7 Å². The molecule has 108 valence electrons. The van der Waals surface area contributed by atoms with E-state index in [0.717, 1.165) is 29.8 Å². The van der Waals surface area contributed by atoms with Gasteiger partial charge in [0.05, 0.1) is 0 Å². The first-order valence-corrected chi connectivity index (χ1v) is 8.10. The summed E-state index contributed by atoms with van der Waals surface area (Å²) in [6, 6.07) is 2.50. The van der Waals surface area contributed by atoms with Crippen LogP contribution in [-0.2, 0) is 0 Å². The zero-order valence-corrected chi connectivity index (χ0v) is 13.7. The van der Waals surface area contributed by atoms with Crippen LogP contribution in [0, 0.1) is 5.92 Å². The van der Waals surface area contributed by atoms with Crippen molar-refractivity contribution >= 4 is 23.4 Å². The maximum atomic E-state index is 4.60.